The molecule has 107 heavy (non-hydrogen) atoms. The molecule has 0 bridgehead atoms. The molecule has 0 saturated carbocycles. The first-order chi connectivity index (χ1) is 59.9. The van der Waals surface area contributed by atoms with Crippen LogP contribution in [-0.2, 0) is 5.41 Å². The van der Waals surface area contributed by atoms with E-state index in [1.165, 1.54) is 0 Å². The fourth-order valence-corrected chi connectivity index (χ4v) is 17.6. The van der Waals surface area contributed by atoms with E-state index in [9.17, 15) is 21.9 Å². The van der Waals surface area contributed by atoms with Crippen LogP contribution in [0.2, 0.25) is 0 Å². The lowest BCUT2D eigenvalue weighted by atomic mass is 9.28. The first kappa shape index (κ1) is 46.4. The van der Waals surface area contributed by atoms with E-state index < -0.39 is 102 Å². The van der Waals surface area contributed by atoms with Crippen molar-refractivity contribution in [2.45, 2.75) is 26.2 Å². The molecule has 0 unspecified atom stereocenters. The minimum Gasteiger partial charge on any atom is -0.311 e. The van der Waals surface area contributed by atoms with Crippen molar-refractivity contribution in [1.29, 1.82) is 0 Å². The molecule has 17 aromatic rings. The van der Waals surface area contributed by atoms with Gasteiger partial charge in [-0.1, -0.05) is 318 Å². The summed E-state index contributed by atoms with van der Waals surface area (Å²) in [6.07, 6.45) is 0. The first-order valence-corrected chi connectivity index (χ1v) is 36.1. The summed E-state index contributed by atoms with van der Waals surface area (Å²) in [5.74, 6) is 0. The number of fused-ring (bicyclic) bond motifs is 9. The highest BCUT2D eigenvalue weighted by atomic mass is 15.2. The van der Waals surface area contributed by atoms with E-state index in [4.69, 9.17) is 1.37 Å². The highest BCUT2D eigenvalue weighted by Crippen LogP contribution is 2.58. The molecule has 5 aliphatic rings. The Bertz CT molecular complexity index is 7440. The molecule has 0 aliphatic carbocycles. The predicted molar refractivity (Wildman–Crippen MR) is 454 cm³/mol. The lowest BCUT2D eigenvalue weighted by Crippen LogP contribution is -2.68. The summed E-state index contributed by atoms with van der Waals surface area (Å²) < 4.78 is 179. The van der Waals surface area contributed by atoms with Crippen molar-refractivity contribution in [2.24, 2.45) is 0 Å². The Balaban J connectivity index is 1.05. The van der Waals surface area contributed by atoms with Crippen molar-refractivity contribution in [3.05, 3.63) is 369 Å². The van der Waals surface area contributed by atoms with E-state index in [0.717, 1.165) is 33.4 Å². The van der Waals surface area contributed by atoms with Crippen molar-refractivity contribution in [1.82, 2.24) is 4.57 Å². The number of aromatic nitrogens is 1. The second-order valence-corrected chi connectivity index (χ2v) is 28.8. The Hall–Kier alpha value is -13.4. The summed E-state index contributed by atoms with van der Waals surface area (Å²) in [7, 11) is 0. The predicted octanol–water partition coefficient (Wildman–Crippen LogP) is 22.6. The second kappa shape index (κ2) is 23.6. The lowest BCUT2D eigenvalue weighted by Gasteiger charge is -2.51. The molecule has 5 nitrogen and oxygen atoms in total. The average Bonchev–Trinajstić information content (AvgIpc) is 1.23. The van der Waals surface area contributed by atoms with Gasteiger partial charge >= 0.3 is 0 Å². The van der Waals surface area contributed by atoms with Crippen LogP contribution in [0.4, 0.5) is 68.2 Å². The summed E-state index contributed by atoms with van der Waals surface area (Å²) in [4.78, 5) is 8.04. The van der Waals surface area contributed by atoms with Crippen LogP contribution in [-0.4, -0.2) is 18.0 Å². The summed E-state index contributed by atoms with van der Waals surface area (Å²) >= 11 is 0. The van der Waals surface area contributed by atoms with Crippen LogP contribution >= 0.6 is 0 Å². The highest BCUT2D eigenvalue weighted by molar-refractivity contribution is 7.06. The van der Waals surface area contributed by atoms with Gasteiger partial charge in [-0.2, -0.15) is 0 Å². The highest BCUT2D eigenvalue weighted by Gasteiger charge is 2.54. The van der Waals surface area contributed by atoms with Gasteiger partial charge in [0, 0.05) is 95.5 Å². The van der Waals surface area contributed by atoms with E-state index in [-0.39, 0.29) is 85.9 Å². The molecule has 0 atom stereocenters. The van der Waals surface area contributed by atoms with Crippen LogP contribution in [0.3, 0.4) is 0 Å². The molecule has 0 N–H and O–H groups in total. The van der Waals surface area contributed by atoms with Crippen LogP contribution < -0.4 is 52.4 Å². The Morgan fingerprint density at radius 3 is 1.36 bits per heavy atom. The molecule has 0 amide bonds. The van der Waals surface area contributed by atoms with Crippen LogP contribution in [0, 0.1) is 0 Å². The van der Waals surface area contributed by atoms with Gasteiger partial charge in [-0.05, 0) is 149 Å². The zero-order valence-corrected chi connectivity index (χ0v) is 58.2. The smallest absolute Gasteiger partial charge is 0.257 e. The molecule has 0 radical (unpaired) electrons. The number of benzene rings is 16. The Kier molecular flexibility index (Phi) is 10.2. The third-order valence-corrected chi connectivity index (χ3v) is 22.1. The molecule has 6 heterocycles. The Morgan fingerprint density at radius 2 is 0.766 bits per heavy atom. The van der Waals surface area contributed by atoms with Gasteiger partial charge in [0.05, 0.1) is 51.4 Å². The van der Waals surface area contributed by atoms with Crippen LogP contribution in [0.5, 0.6) is 0 Å². The van der Waals surface area contributed by atoms with Gasteiger partial charge in [0.2, 0.25) is 0 Å². The molecule has 1 aromatic heterocycles. The molecule has 500 valence electrons. The molecule has 16 aromatic carbocycles. The summed E-state index contributed by atoms with van der Waals surface area (Å²) in [6.45, 7) is 3.66. The number of hydrogen-bond donors (Lipinski definition) is 0. The molecular formula is C100H69B2N5. The van der Waals surface area contributed by atoms with Gasteiger partial charge in [0.25, 0.3) is 13.4 Å². The third-order valence-electron chi connectivity index (χ3n) is 22.1. The third kappa shape index (κ3) is 9.01. The van der Waals surface area contributed by atoms with E-state index in [1.807, 2.05) is 235 Å². The first-order valence-electron chi connectivity index (χ1n) is 44.6. The Morgan fingerprint density at radius 1 is 0.280 bits per heavy atom. The summed E-state index contributed by atoms with van der Waals surface area (Å²) in [5, 5.41) is -0.0329. The molecule has 0 fully saturated rings. The van der Waals surface area contributed by atoms with Gasteiger partial charge in [0.15, 0.2) is 0 Å². The maximum atomic E-state index is 12.6. The molecular weight excluding hydrogens is 1290 g/mol. The monoisotopic (exact) mass is 1380 g/mol. The molecule has 7 heteroatoms. The number of anilines is 12. The molecule has 22 rings (SSSR count). The number of para-hydroxylation sites is 5. The number of nitrogens with zero attached hydrogens (tertiary/aromatic N) is 5. The normalized spacial score (nSPS) is 15.5. The van der Waals surface area contributed by atoms with Crippen molar-refractivity contribution in [3.8, 4) is 72.4 Å². The fraction of sp³-hybridized carbons (Fsp3) is 0.0400. The minimum atomic E-state index is -1.45. The molecule has 5 aliphatic heterocycles. The zero-order valence-electron chi connectivity index (χ0n) is 75.2. The average molecular weight is 1380 g/mol. The topological polar surface area (TPSA) is 17.9 Å². The fourth-order valence-electron chi connectivity index (χ4n) is 17.6. The van der Waals surface area contributed by atoms with Crippen LogP contribution in [0.15, 0.2) is 364 Å². The van der Waals surface area contributed by atoms with Crippen LogP contribution in [0.25, 0.3) is 94.3 Å². The van der Waals surface area contributed by atoms with E-state index in [2.05, 4.69) is 54.8 Å². The number of rotatable bonds is 10. The lowest BCUT2D eigenvalue weighted by molar-refractivity contribution is 0.590. The van der Waals surface area contributed by atoms with Crippen molar-refractivity contribution < 1.29 is 23.3 Å². The van der Waals surface area contributed by atoms with Gasteiger partial charge in [-0.25, -0.2) is 0 Å². The van der Waals surface area contributed by atoms with Crippen molar-refractivity contribution in [2.75, 3.05) is 19.6 Å². The van der Waals surface area contributed by atoms with E-state index in [1.54, 1.807) is 15.5 Å². The standard InChI is InChI=1S/C100H69B2N5/c1-100(2,3)71-61-87-92-88(62-71)107(97-76(68-40-19-8-20-41-68)50-30-51-77(97)69-42-21-9-22-43-69)89-63-90-95-99(94(89)101(92)80-58-56-70(64-32-11-4-12-33-64)60-86(80)106(87)96-74(66-36-15-6-16-37-66)48-29-49-75(96)67-38-17-7-18-39-67)104(81-52-27-25-46-73(81)65-34-13-5-14-35-65)84-55-31-54-83-91(84)102(95)93-85(103(83)72-44-23-10-24-45-72)59-57-79-78-47-26-28-53-82(78)105(90)98(79)93/h4-63H,1-3H3/i4D,11D,12D,26D,28D,31D,32D,33D,47D,53D,54D,56D,57D,58D,59D,60D,63D. The second-order valence-electron chi connectivity index (χ2n) is 28.8. The maximum Gasteiger partial charge on any atom is 0.257 e. The quantitative estimate of drug-likeness (QED) is 0.127. The summed E-state index contributed by atoms with van der Waals surface area (Å²) in [5.41, 5.74) is 12.8. The number of hydrogen-bond acceptors (Lipinski definition) is 4. The van der Waals surface area contributed by atoms with Gasteiger partial charge in [0.1, 0.15) is 0 Å². The molecule has 0 saturated heterocycles. The van der Waals surface area contributed by atoms with Gasteiger partial charge < -0.3 is 24.2 Å². The maximum absolute atomic E-state index is 12.6. The SMILES string of the molecule is [2H]c1cc2c3c(c1[2H])N(c1ccccc1)c1c([2H])c([2H])c4c5c([2H])c([2H])c([2H])c([2H])c5n5c4c1B3c1c(c3c(c([2H])c1-5)N(c1c(-c4ccccc4)cccc1-c1ccccc1)c1cc(C(C)(C)C)cc4c1B3c1c([2H])c([2H])c(-c3c([2H])c([2H])c([2H])c([2H])c3[2H])c([2H])c1N4c1c(-c3ccccc3)cccc1-c1ccccc1)N2c1ccccc1-c1ccccc1. The summed E-state index contributed by atoms with van der Waals surface area (Å²) in [6, 6.07) is 75.9. The van der Waals surface area contributed by atoms with Crippen molar-refractivity contribution in [3.63, 3.8) is 0 Å². The zero-order chi connectivity index (χ0) is 85.5. The van der Waals surface area contributed by atoms with E-state index >= 15 is 0 Å². The van der Waals surface area contributed by atoms with Crippen LogP contribution in [0.1, 0.15) is 49.6 Å². The van der Waals surface area contributed by atoms with Crippen molar-refractivity contribution >= 4 is 136 Å². The molecule has 0 spiro atoms. The van der Waals surface area contributed by atoms with Gasteiger partial charge in [-0.15, -0.1) is 0 Å². The Labute approximate surface area is 648 Å². The van der Waals surface area contributed by atoms with E-state index in [0.29, 0.717) is 101 Å². The minimum absolute atomic E-state index is 0.00477. The van der Waals surface area contributed by atoms with Gasteiger partial charge in [-0.3, -0.25) is 0 Å². The largest absolute Gasteiger partial charge is 0.311 e.